The van der Waals surface area contributed by atoms with E-state index >= 15 is 0 Å². The molecule has 0 bridgehead atoms. The maximum Gasteiger partial charge on any atom is 0.102 e. The lowest BCUT2D eigenvalue weighted by atomic mass is 9.87. The molecule has 0 aromatic rings. The molecule has 2 heteroatoms. The largest absolute Gasteiger partial charge is 0.379 e. The topological polar surface area (TPSA) is 46.2 Å². The van der Waals surface area contributed by atoms with Gasteiger partial charge in [0.15, 0.2) is 0 Å². The molecule has 3 N–H and O–H groups in total. The van der Waals surface area contributed by atoms with Gasteiger partial charge in [-0.3, -0.25) is 0 Å². The van der Waals surface area contributed by atoms with Gasteiger partial charge in [0.05, 0.1) is 0 Å². The second-order valence-corrected chi connectivity index (χ2v) is 3.31. The summed E-state index contributed by atoms with van der Waals surface area (Å²) in [6.07, 6.45) is 6.80. The summed E-state index contributed by atoms with van der Waals surface area (Å²) in [5.41, 5.74) is 5.28. The average Bonchev–Trinajstić information content (AvgIpc) is 1.88. The van der Waals surface area contributed by atoms with E-state index in [1.54, 1.807) is 0 Å². The van der Waals surface area contributed by atoms with Crippen molar-refractivity contribution in [2.75, 3.05) is 0 Å². The van der Waals surface area contributed by atoms with Crippen LogP contribution < -0.4 is 5.73 Å². The second-order valence-electron chi connectivity index (χ2n) is 3.31. The first kappa shape index (κ1) is 8.02. The molecule has 60 valence electrons. The van der Waals surface area contributed by atoms with Gasteiger partial charge in [-0.1, -0.05) is 32.1 Å². The summed E-state index contributed by atoms with van der Waals surface area (Å²) < 4.78 is 0. The highest BCUT2D eigenvalue weighted by atomic mass is 16.3. The van der Waals surface area contributed by atoms with Crippen LogP contribution in [-0.2, 0) is 0 Å². The van der Waals surface area contributed by atoms with Crippen molar-refractivity contribution in [3.8, 4) is 0 Å². The van der Waals surface area contributed by atoms with Crippen molar-refractivity contribution < 1.29 is 5.11 Å². The van der Waals surface area contributed by atoms with Gasteiger partial charge >= 0.3 is 0 Å². The fourth-order valence-corrected chi connectivity index (χ4v) is 1.76. The molecule has 0 aromatic carbocycles. The molecule has 2 nitrogen and oxygen atoms in total. The molecular formula is C8H17NO. The van der Waals surface area contributed by atoms with E-state index in [1.165, 1.54) is 32.1 Å². The second kappa shape index (κ2) is 3.94. The molecule has 0 amide bonds. The van der Waals surface area contributed by atoms with E-state index in [2.05, 4.69) is 0 Å². The minimum absolute atomic E-state index is 0.580. The Morgan fingerprint density at radius 1 is 1.30 bits per heavy atom. The van der Waals surface area contributed by atoms with Crippen molar-refractivity contribution in [3.05, 3.63) is 0 Å². The fourth-order valence-electron chi connectivity index (χ4n) is 1.76. The first-order valence-electron chi connectivity index (χ1n) is 4.22. The quantitative estimate of drug-likeness (QED) is 0.571. The Labute approximate surface area is 62.4 Å². The third-order valence-electron chi connectivity index (χ3n) is 2.30. The van der Waals surface area contributed by atoms with Crippen LogP contribution >= 0.6 is 0 Å². The minimum Gasteiger partial charge on any atom is -0.379 e. The number of hydrogen-bond donors (Lipinski definition) is 2. The Bertz CT molecular complexity index is 87.3. The zero-order valence-electron chi connectivity index (χ0n) is 6.42. The summed E-state index contributed by atoms with van der Waals surface area (Å²) >= 11 is 0. The summed E-state index contributed by atoms with van der Waals surface area (Å²) in [4.78, 5) is 0. The maximum atomic E-state index is 8.88. The van der Waals surface area contributed by atoms with Crippen LogP contribution in [0.4, 0.5) is 0 Å². The Morgan fingerprint density at radius 2 is 1.90 bits per heavy atom. The lowest BCUT2D eigenvalue weighted by Gasteiger charge is -2.22. The highest BCUT2D eigenvalue weighted by molar-refractivity contribution is 4.66. The molecule has 1 aliphatic carbocycles. The number of hydrogen-bond acceptors (Lipinski definition) is 2. The van der Waals surface area contributed by atoms with Crippen LogP contribution in [0.5, 0.6) is 0 Å². The third-order valence-corrected chi connectivity index (χ3v) is 2.30. The normalized spacial score (nSPS) is 24.6. The van der Waals surface area contributed by atoms with Crippen LogP contribution in [0.1, 0.15) is 38.5 Å². The van der Waals surface area contributed by atoms with Gasteiger partial charge in [0.25, 0.3) is 0 Å². The number of rotatable bonds is 2. The smallest absolute Gasteiger partial charge is 0.102 e. The Balaban J connectivity index is 2.13. The minimum atomic E-state index is -0.580. The molecule has 1 rings (SSSR count). The van der Waals surface area contributed by atoms with Gasteiger partial charge in [0, 0.05) is 0 Å². The monoisotopic (exact) mass is 143 g/mol. The lowest BCUT2D eigenvalue weighted by molar-refractivity contribution is 0.136. The summed E-state index contributed by atoms with van der Waals surface area (Å²) in [5.74, 6) is 0.703. The highest BCUT2D eigenvalue weighted by Crippen LogP contribution is 2.26. The molecule has 1 aliphatic rings. The van der Waals surface area contributed by atoms with Gasteiger partial charge in [0.1, 0.15) is 6.23 Å². The van der Waals surface area contributed by atoms with Crippen molar-refractivity contribution in [1.82, 2.24) is 0 Å². The Kier molecular flexibility index (Phi) is 3.16. The van der Waals surface area contributed by atoms with Gasteiger partial charge in [-0.2, -0.15) is 0 Å². The van der Waals surface area contributed by atoms with E-state index in [9.17, 15) is 0 Å². The lowest BCUT2D eigenvalue weighted by Crippen LogP contribution is -2.23. The van der Waals surface area contributed by atoms with E-state index in [0.29, 0.717) is 5.92 Å². The standard InChI is InChI=1S/C8H17NO/c9-8(10)6-7-4-2-1-3-5-7/h7-8,10H,1-6,9H2. The molecule has 0 spiro atoms. The van der Waals surface area contributed by atoms with Crippen LogP contribution in [0.3, 0.4) is 0 Å². The first-order chi connectivity index (χ1) is 4.79. The molecule has 1 unspecified atom stereocenters. The summed E-state index contributed by atoms with van der Waals surface area (Å²) in [6, 6.07) is 0. The Hall–Kier alpha value is -0.0800. The zero-order valence-corrected chi connectivity index (χ0v) is 6.42. The predicted molar refractivity (Wildman–Crippen MR) is 41.4 cm³/mol. The Morgan fingerprint density at radius 3 is 2.40 bits per heavy atom. The number of aliphatic hydroxyl groups is 1. The van der Waals surface area contributed by atoms with Gasteiger partial charge < -0.3 is 10.8 Å². The molecule has 0 aromatic heterocycles. The molecule has 1 atom stereocenters. The third kappa shape index (κ3) is 2.67. The average molecular weight is 143 g/mol. The van der Waals surface area contributed by atoms with Gasteiger partial charge in [0.2, 0.25) is 0 Å². The van der Waals surface area contributed by atoms with E-state index in [4.69, 9.17) is 10.8 Å². The van der Waals surface area contributed by atoms with Crippen LogP contribution in [0.2, 0.25) is 0 Å². The van der Waals surface area contributed by atoms with Gasteiger partial charge in [-0.25, -0.2) is 0 Å². The van der Waals surface area contributed by atoms with E-state index in [-0.39, 0.29) is 0 Å². The molecule has 0 heterocycles. The molecule has 1 fully saturated rings. The van der Waals surface area contributed by atoms with E-state index in [1.807, 2.05) is 0 Å². The molecule has 0 aliphatic heterocycles. The van der Waals surface area contributed by atoms with Crippen molar-refractivity contribution in [1.29, 1.82) is 0 Å². The highest BCUT2D eigenvalue weighted by Gasteiger charge is 2.14. The van der Waals surface area contributed by atoms with E-state index in [0.717, 1.165) is 6.42 Å². The van der Waals surface area contributed by atoms with Gasteiger partial charge in [-0.15, -0.1) is 0 Å². The summed E-state index contributed by atoms with van der Waals surface area (Å²) in [6.45, 7) is 0. The molecule has 10 heavy (non-hydrogen) atoms. The van der Waals surface area contributed by atoms with Crippen LogP contribution in [0.25, 0.3) is 0 Å². The fraction of sp³-hybridized carbons (Fsp3) is 1.00. The van der Waals surface area contributed by atoms with Gasteiger partial charge in [-0.05, 0) is 12.3 Å². The summed E-state index contributed by atoms with van der Waals surface area (Å²) in [7, 11) is 0. The number of aliphatic hydroxyl groups excluding tert-OH is 1. The molecular weight excluding hydrogens is 126 g/mol. The molecule has 0 radical (unpaired) electrons. The van der Waals surface area contributed by atoms with E-state index < -0.39 is 6.23 Å². The van der Waals surface area contributed by atoms with Crippen molar-refractivity contribution in [2.45, 2.75) is 44.8 Å². The van der Waals surface area contributed by atoms with Crippen molar-refractivity contribution in [3.63, 3.8) is 0 Å². The summed E-state index contributed by atoms with van der Waals surface area (Å²) in [5, 5.41) is 8.88. The van der Waals surface area contributed by atoms with Crippen molar-refractivity contribution in [2.24, 2.45) is 11.7 Å². The van der Waals surface area contributed by atoms with Crippen LogP contribution in [0, 0.1) is 5.92 Å². The first-order valence-corrected chi connectivity index (χ1v) is 4.22. The zero-order chi connectivity index (χ0) is 7.40. The van der Waals surface area contributed by atoms with Crippen LogP contribution in [-0.4, -0.2) is 11.3 Å². The SMILES string of the molecule is NC(O)CC1CCCCC1. The predicted octanol–water partition coefficient (Wildman–Crippen LogP) is 1.23. The number of nitrogens with two attached hydrogens (primary N) is 1. The molecule has 0 saturated heterocycles. The maximum absolute atomic E-state index is 8.88. The van der Waals surface area contributed by atoms with Crippen molar-refractivity contribution >= 4 is 0 Å². The molecule has 1 saturated carbocycles. The van der Waals surface area contributed by atoms with Crippen LogP contribution in [0.15, 0.2) is 0 Å².